The molecule has 0 saturated carbocycles. The molecule has 0 spiro atoms. The van der Waals surface area contributed by atoms with Crippen molar-refractivity contribution in [2.75, 3.05) is 20.4 Å². The van der Waals surface area contributed by atoms with E-state index in [1.54, 1.807) is 84.9 Å². The number of benzene rings is 4. The molecule has 0 saturated heterocycles. The van der Waals surface area contributed by atoms with E-state index < -0.39 is 5.82 Å². The zero-order valence-electron chi connectivity index (χ0n) is 30.4. The Kier molecular flexibility index (Phi) is 14.7. The zero-order valence-corrected chi connectivity index (χ0v) is 33.4. The van der Waals surface area contributed by atoms with Gasteiger partial charge < -0.3 is 10.6 Å². The molecule has 0 unspecified atom stereocenters. The van der Waals surface area contributed by atoms with Crippen LogP contribution in [-0.2, 0) is 32.0 Å². The van der Waals surface area contributed by atoms with Crippen LogP contribution in [0.15, 0.2) is 128 Å². The number of hydrogen-bond acceptors (Lipinski definition) is 6. The quantitative estimate of drug-likeness (QED) is 0.141. The lowest BCUT2D eigenvalue weighted by atomic mass is 10.1. The first-order chi connectivity index (χ1) is 27.3. The number of amides is 4. The summed E-state index contributed by atoms with van der Waals surface area (Å²) in [5.74, 6) is -0.909. The average Bonchev–Trinajstić information content (AvgIpc) is 3.16. The van der Waals surface area contributed by atoms with Crippen LogP contribution in [-0.4, -0.2) is 33.6 Å². The molecule has 57 heavy (non-hydrogen) atoms. The molecule has 0 radical (unpaired) electrons. The smallest absolute Gasteiger partial charge is 0.229 e. The first-order valence-electron chi connectivity index (χ1n) is 17.1. The standard InChI is InChI=1S/C21H16Cl2FN3O2.C21H17Cl2N3O2/c1-13(28)27(19-5-3-2-4-17(19)22)20-12-16(8-9-25-20)26-21(29)10-14-6-7-15(24)11-18(14)23;1-14(27)26(19-9-5-4-8-18(19)23)20-13-16(10-11-24-20)25-21(28)12-15-6-2-3-7-17(15)22/h2-9,11-12H,10H2,1H3,(H,25,26,29);2-11,13H,12H2,1H3,(H,24,25,28). The molecule has 6 rings (SSSR count). The molecule has 0 aliphatic heterocycles. The van der Waals surface area contributed by atoms with Gasteiger partial charge in [0.1, 0.15) is 17.5 Å². The average molecular weight is 847 g/mol. The van der Waals surface area contributed by atoms with E-state index in [4.69, 9.17) is 46.4 Å². The van der Waals surface area contributed by atoms with Crippen LogP contribution in [0.4, 0.5) is 38.8 Å². The lowest BCUT2D eigenvalue weighted by Crippen LogP contribution is -2.24. The molecule has 0 aliphatic carbocycles. The van der Waals surface area contributed by atoms with Crippen molar-refractivity contribution in [3.8, 4) is 0 Å². The molecule has 0 fully saturated rings. The molecule has 0 aliphatic rings. The van der Waals surface area contributed by atoms with Crippen molar-refractivity contribution < 1.29 is 23.6 Å². The lowest BCUT2D eigenvalue weighted by molar-refractivity contribution is -0.116. The number of aromatic nitrogens is 2. The van der Waals surface area contributed by atoms with E-state index in [2.05, 4.69) is 20.6 Å². The number of halogens is 5. The second-order valence-corrected chi connectivity index (χ2v) is 13.8. The molecule has 10 nitrogen and oxygen atoms in total. The van der Waals surface area contributed by atoms with Gasteiger partial charge in [0.25, 0.3) is 0 Å². The van der Waals surface area contributed by atoms with Crippen molar-refractivity contribution in [3.05, 3.63) is 165 Å². The van der Waals surface area contributed by atoms with Crippen molar-refractivity contribution in [2.24, 2.45) is 0 Å². The molecule has 6 aromatic rings. The third-order valence-corrected chi connectivity index (χ3v) is 9.37. The second kappa shape index (κ2) is 19.8. The number of anilines is 6. The monoisotopic (exact) mass is 844 g/mol. The molecular formula is C42H33Cl4FN6O4. The van der Waals surface area contributed by atoms with Crippen molar-refractivity contribution in [3.63, 3.8) is 0 Å². The fraction of sp³-hybridized carbons (Fsp3) is 0.0952. The van der Waals surface area contributed by atoms with Crippen LogP contribution in [0.1, 0.15) is 25.0 Å². The maximum atomic E-state index is 13.2. The maximum Gasteiger partial charge on any atom is 0.229 e. The molecule has 15 heteroatoms. The largest absolute Gasteiger partial charge is 0.326 e. The number of pyridine rings is 2. The van der Waals surface area contributed by atoms with Crippen LogP contribution in [0.25, 0.3) is 0 Å². The van der Waals surface area contributed by atoms with Gasteiger partial charge in [-0.1, -0.05) is 94.9 Å². The normalized spacial score (nSPS) is 10.4. The molecule has 290 valence electrons. The minimum atomic E-state index is -0.471. The molecule has 0 bridgehead atoms. The Morgan fingerprint density at radius 3 is 1.39 bits per heavy atom. The van der Waals surface area contributed by atoms with Gasteiger partial charge in [-0.05, 0) is 65.7 Å². The number of nitrogens with zero attached hydrogens (tertiary/aromatic N) is 4. The lowest BCUT2D eigenvalue weighted by Gasteiger charge is -2.21. The van der Waals surface area contributed by atoms with Gasteiger partial charge in [-0.2, -0.15) is 0 Å². The molecule has 2 heterocycles. The number of nitrogens with one attached hydrogen (secondary N) is 2. The first kappa shape index (κ1) is 42.3. The minimum absolute atomic E-state index is 0.0301. The summed E-state index contributed by atoms with van der Waals surface area (Å²) in [7, 11) is 0. The highest BCUT2D eigenvalue weighted by Gasteiger charge is 2.20. The summed E-state index contributed by atoms with van der Waals surface area (Å²) in [6.45, 7) is 2.82. The van der Waals surface area contributed by atoms with Gasteiger partial charge in [-0.15, -0.1) is 0 Å². The van der Waals surface area contributed by atoms with Gasteiger partial charge >= 0.3 is 0 Å². The number of carbonyl (C=O) groups is 4. The SMILES string of the molecule is CC(=O)N(c1cc(NC(=O)Cc2ccc(F)cc2Cl)ccn1)c1ccccc1Cl.CC(=O)N(c1cc(NC(=O)Cc2ccccc2Cl)ccn1)c1ccccc1Cl. The van der Waals surface area contributed by atoms with E-state index in [1.807, 2.05) is 12.1 Å². The summed E-state index contributed by atoms with van der Waals surface area (Å²) in [5, 5.41) is 7.07. The van der Waals surface area contributed by atoms with Crippen molar-refractivity contribution >= 4 is 104 Å². The van der Waals surface area contributed by atoms with E-state index >= 15 is 0 Å². The van der Waals surface area contributed by atoms with Gasteiger partial charge in [-0.25, -0.2) is 14.4 Å². The van der Waals surface area contributed by atoms with E-state index in [1.165, 1.54) is 48.2 Å². The summed E-state index contributed by atoms with van der Waals surface area (Å²) in [4.78, 5) is 60.5. The molecule has 4 amide bonds. The van der Waals surface area contributed by atoms with Crippen LogP contribution in [0, 0.1) is 5.82 Å². The highest BCUT2D eigenvalue weighted by Crippen LogP contribution is 2.33. The highest BCUT2D eigenvalue weighted by molar-refractivity contribution is 6.34. The molecule has 2 aromatic heterocycles. The Bertz CT molecular complexity index is 2430. The molecule has 4 aromatic carbocycles. The Morgan fingerprint density at radius 1 is 0.544 bits per heavy atom. The third kappa shape index (κ3) is 11.6. The van der Waals surface area contributed by atoms with Crippen LogP contribution in [0.2, 0.25) is 20.1 Å². The summed E-state index contributed by atoms with van der Waals surface area (Å²) >= 11 is 24.5. The molecule has 2 N–H and O–H groups in total. The number of para-hydroxylation sites is 2. The first-order valence-corrected chi connectivity index (χ1v) is 18.6. The summed E-state index contributed by atoms with van der Waals surface area (Å²) in [5.41, 5.74) is 3.19. The Hall–Kier alpha value is -5.85. The topological polar surface area (TPSA) is 125 Å². The Labute approximate surface area is 348 Å². The van der Waals surface area contributed by atoms with Crippen LogP contribution in [0.5, 0.6) is 0 Å². The van der Waals surface area contributed by atoms with E-state index in [9.17, 15) is 23.6 Å². The van der Waals surface area contributed by atoms with Crippen molar-refractivity contribution in [2.45, 2.75) is 26.7 Å². The van der Waals surface area contributed by atoms with Gasteiger partial charge in [0.05, 0.1) is 34.3 Å². The van der Waals surface area contributed by atoms with Crippen LogP contribution < -0.4 is 20.4 Å². The van der Waals surface area contributed by atoms with Gasteiger partial charge in [0, 0.05) is 59.8 Å². The number of rotatable bonds is 10. The number of carbonyl (C=O) groups excluding carboxylic acids is 4. The van der Waals surface area contributed by atoms with E-state index in [0.29, 0.717) is 55.0 Å². The van der Waals surface area contributed by atoms with Gasteiger partial charge in [0.15, 0.2) is 0 Å². The van der Waals surface area contributed by atoms with E-state index in [0.717, 1.165) is 11.6 Å². The second-order valence-electron chi connectivity index (χ2n) is 12.2. The van der Waals surface area contributed by atoms with Crippen LogP contribution in [0.3, 0.4) is 0 Å². The Morgan fingerprint density at radius 2 is 0.965 bits per heavy atom. The zero-order chi connectivity index (χ0) is 41.1. The van der Waals surface area contributed by atoms with Crippen molar-refractivity contribution in [1.29, 1.82) is 0 Å². The summed E-state index contributed by atoms with van der Waals surface area (Å²) in [6.07, 6.45) is 3.10. The molecular weight excluding hydrogens is 813 g/mol. The predicted octanol–water partition coefficient (Wildman–Crippen LogP) is 10.6. The fourth-order valence-electron chi connectivity index (χ4n) is 5.47. The predicted molar refractivity (Wildman–Crippen MR) is 225 cm³/mol. The minimum Gasteiger partial charge on any atom is -0.326 e. The number of hydrogen-bond donors (Lipinski definition) is 2. The fourth-order valence-corrected chi connectivity index (χ4v) is 6.35. The van der Waals surface area contributed by atoms with Crippen LogP contribution >= 0.6 is 46.4 Å². The third-order valence-electron chi connectivity index (χ3n) is 8.01. The molecule has 0 atom stereocenters. The maximum absolute atomic E-state index is 13.2. The van der Waals surface area contributed by atoms with Gasteiger partial charge in [0.2, 0.25) is 23.6 Å². The van der Waals surface area contributed by atoms with Crippen molar-refractivity contribution in [1.82, 2.24) is 9.97 Å². The summed E-state index contributed by atoms with van der Waals surface area (Å²) in [6, 6.07) is 31.4. The summed E-state index contributed by atoms with van der Waals surface area (Å²) < 4.78 is 13.2. The Balaban J connectivity index is 0.000000218. The van der Waals surface area contributed by atoms with Gasteiger partial charge in [-0.3, -0.25) is 29.0 Å². The van der Waals surface area contributed by atoms with E-state index in [-0.39, 0.29) is 41.5 Å². The highest BCUT2D eigenvalue weighted by atomic mass is 35.5.